The number of benzene rings is 1. The van der Waals surface area contributed by atoms with E-state index in [9.17, 15) is 0 Å². The Hall–Kier alpha value is -1.87. The molecule has 0 bridgehead atoms. The van der Waals surface area contributed by atoms with Crippen molar-refractivity contribution in [3.8, 4) is 0 Å². The van der Waals surface area contributed by atoms with Gasteiger partial charge in [-0.3, -0.25) is 4.98 Å². The Kier molecular flexibility index (Phi) is 2.99. The van der Waals surface area contributed by atoms with Gasteiger partial charge in [-0.15, -0.1) is 0 Å². The Bertz CT molecular complexity index is 554. The van der Waals surface area contributed by atoms with Crippen molar-refractivity contribution in [3.05, 3.63) is 59.4 Å². The van der Waals surface area contributed by atoms with Crippen molar-refractivity contribution in [1.29, 1.82) is 0 Å². The number of aryl methyl sites for hydroxylation is 1. The molecular formula is C15H16N2O. The molecule has 3 heteroatoms. The number of hydrogen-bond acceptors (Lipinski definition) is 3. The smallest absolute Gasteiger partial charge is 0.0752 e. The van der Waals surface area contributed by atoms with Gasteiger partial charge in [0.25, 0.3) is 0 Å². The second-order valence-corrected chi connectivity index (χ2v) is 4.55. The van der Waals surface area contributed by atoms with E-state index in [-0.39, 0.29) is 6.04 Å². The normalized spacial score (nSPS) is 18.2. The fraction of sp³-hybridized carbons (Fsp3) is 0.267. The molecule has 3 rings (SSSR count). The van der Waals surface area contributed by atoms with Crippen LogP contribution in [-0.4, -0.2) is 11.6 Å². The standard InChI is InChI=1S/C15H16N2O/c1-11-14(7-4-8-16-11)17-15-10-18-9-12-5-2-3-6-13(12)15/h2-8,15,17H,9-10H2,1H3. The minimum absolute atomic E-state index is 0.206. The fourth-order valence-electron chi connectivity index (χ4n) is 2.33. The van der Waals surface area contributed by atoms with Crippen LogP contribution >= 0.6 is 0 Å². The number of ether oxygens (including phenoxy) is 1. The third-order valence-corrected chi connectivity index (χ3v) is 3.31. The molecule has 1 N–H and O–H groups in total. The summed E-state index contributed by atoms with van der Waals surface area (Å²) in [4.78, 5) is 4.30. The first-order valence-corrected chi connectivity index (χ1v) is 6.18. The molecular weight excluding hydrogens is 224 g/mol. The summed E-state index contributed by atoms with van der Waals surface area (Å²) in [6.45, 7) is 3.42. The van der Waals surface area contributed by atoms with Gasteiger partial charge in [0.1, 0.15) is 0 Å². The molecule has 0 spiro atoms. The van der Waals surface area contributed by atoms with Crippen molar-refractivity contribution in [2.45, 2.75) is 19.6 Å². The van der Waals surface area contributed by atoms with Crippen LogP contribution < -0.4 is 5.32 Å². The zero-order valence-corrected chi connectivity index (χ0v) is 10.4. The predicted molar refractivity (Wildman–Crippen MR) is 71.4 cm³/mol. The molecule has 1 aliphatic heterocycles. The third kappa shape index (κ3) is 2.09. The summed E-state index contributed by atoms with van der Waals surface area (Å²) in [5.74, 6) is 0. The molecule has 1 atom stereocenters. The van der Waals surface area contributed by atoms with Gasteiger partial charge < -0.3 is 10.1 Å². The molecule has 2 aromatic rings. The summed E-state index contributed by atoms with van der Waals surface area (Å²) in [6.07, 6.45) is 1.81. The maximum Gasteiger partial charge on any atom is 0.0752 e. The molecule has 0 saturated carbocycles. The molecule has 0 saturated heterocycles. The Labute approximate surface area is 107 Å². The number of anilines is 1. The molecule has 1 aromatic heterocycles. The molecule has 3 nitrogen and oxygen atoms in total. The van der Waals surface area contributed by atoms with Gasteiger partial charge >= 0.3 is 0 Å². The zero-order valence-electron chi connectivity index (χ0n) is 10.4. The highest BCUT2D eigenvalue weighted by Gasteiger charge is 2.20. The monoisotopic (exact) mass is 240 g/mol. The van der Waals surface area contributed by atoms with Gasteiger partial charge in [0, 0.05) is 6.20 Å². The lowest BCUT2D eigenvalue weighted by Crippen LogP contribution is -2.23. The first-order valence-electron chi connectivity index (χ1n) is 6.18. The van der Waals surface area contributed by atoms with E-state index in [1.54, 1.807) is 0 Å². The van der Waals surface area contributed by atoms with E-state index in [1.807, 2.05) is 19.2 Å². The molecule has 92 valence electrons. The Morgan fingerprint density at radius 1 is 1.22 bits per heavy atom. The van der Waals surface area contributed by atoms with Gasteiger partial charge in [0.15, 0.2) is 0 Å². The summed E-state index contributed by atoms with van der Waals surface area (Å²) < 4.78 is 5.64. The summed E-state index contributed by atoms with van der Waals surface area (Å²) in [5, 5.41) is 3.52. The second kappa shape index (κ2) is 4.78. The van der Waals surface area contributed by atoms with Crippen LogP contribution in [0, 0.1) is 6.92 Å². The molecule has 1 unspecified atom stereocenters. The van der Waals surface area contributed by atoms with E-state index in [0.29, 0.717) is 13.2 Å². The number of hydrogen-bond donors (Lipinski definition) is 1. The van der Waals surface area contributed by atoms with Crippen molar-refractivity contribution < 1.29 is 4.74 Å². The van der Waals surface area contributed by atoms with E-state index in [0.717, 1.165) is 11.4 Å². The van der Waals surface area contributed by atoms with E-state index in [2.05, 4.69) is 40.6 Å². The number of rotatable bonds is 2. The topological polar surface area (TPSA) is 34.2 Å². The van der Waals surface area contributed by atoms with Crippen LogP contribution in [0.15, 0.2) is 42.6 Å². The van der Waals surface area contributed by atoms with Gasteiger partial charge in [-0.05, 0) is 30.2 Å². The summed E-state index contributed by atoms with van der Waals surface area (Å²) in [5.41, 5.74) is 4.68. The summed E-state index contributed by atoms with van der Waals surface area (Å²) in [7, 11) is 0. The van der Waals surface area contributed by atoms with Crippen molar-refractivity contribution in [3.63, 3.8) is 0 Å². The minimum Gasteiger partial charge on any atom is -0.374 e. The Morgan fingerprint density at radius 2 is 2.11 bits per heavy atom. The molecule has 0 fully saturated rings. The zero-order chi connectivity index (χ0) is 12.4. The third-order valence-electron chi connectivity index (χ3n) is 3.31. The average molecular weight is 240 g/mol. The van der Waals surface area contributed by atoms with Crippen LogP contribution in [-0.2, 0) is 11.3 Å². The Morgan fingerprint density at radius 3 is 3.00 bits per heavy atom. The molecule has 2 heterocycles. The van der Waals surface area contributed by atoms with Gasteiger partial charge in [0.05, 0.1) is 30.6 Å². The minimum atomic E-state index is 0.206. The Balaban J connectivity index is 1.89. The number of nitrogens with one attached hydrogen (secondary N) is 1. The number of nitrogens with zero attached hydrogens (tertiary/aromatic N) is 1. The SMILES string of the molecule is Cc1ncccc1NC1COCc2ccccc21. The second-order valence-electron chi connectivity index (χ2n) is 4.55. The number of pyridine rings is 1. The highest BCUT2D eigenvalue weighted by atomic mass is 16.5. The first-order chi connectivity index (χ1) is 8.84. The van der Waals surface area contributed by atoms with E-state index < -0.39 is 0 Å². The van der Waals surface area contributed by atoms with Crippen LogP contribution in [0.2, 0.25) is 0 Å². The lowest BCUT2D eigenvalue weighted by Gasteiger charge is -2.27. The van der Waals surface area contributed by atoms with E-state index in [1.165, 1.54) is 11.1 Å². The molecule has 0 amide bonds. The maximum absolute atomic E-state index is 5.64. The van der Waals surface area contributed by atoms with Crippen molar-refractivity contribution in [2.24, 2.45) is 0 Å². The highest BCUT2D eigenvalue weighted by molar-refractivity contribution is 5.50. The summed E-state index contributed by atoms with van der Waals surface area (Å²) >= 11 is 0. The van der Waals surface area contributed by atoms with Gasteiger partial charge in [0.2, 0.25) is 0 Å². The van der Waals surface area contributed by atoms with E-state index in [4.69, 9.17) is 4.74 Å². The molecule has 1 aromatic carbocycles. The molecule has 1 aliphatic rings. The van der Waals surface area contributed by atoms with Crippen LogP contribution in [0.1, 0.15) is 22.9 Å². The van der Waals surface area contributed by atoms with Gasteiger partial charge in [-0.25, -0.2) is 0 Å². The molecule has 18 heavy (non-hydrogen) atoms. The fourth-order valence-corrected chi connectivity index (χ4v) is 2.33. The van der Waals surface area contributed by atoms with E-state index >= 15 is 0 Å². The van der Waals surface area contributed by atoms with Crippen molar-refractivity contribution >= 4 is 5.69 Å². The predicted octanol–water partition coefficient (Wildman–Crippen LogP) is 3.07. The lowest BCUT2D eigenvalue weighted by atomic mass is 9.99. The van der Waals surface area contributed by atoms with Gasteiger partial charge in [-0.2, -0.15) is 0 Å². The van der Waals surface area contributed by atoms with Crippen molar-refractivity contribution in [1.82, 2.24) is 4.98 Å². The van der Waals surface area contributed by atoms with Crippen molar-refractivity contribution in [2.75, 3.05) is 11.9 Å². The summed E-state index contributed by atoms with van der Waals surface area (Å²) in [6, 6.07) is 12.6. The van der Waals surface area contributed by atoms with Crippen LogP contribution in [0.5, 0.6) is 0 Å². The number of aromatic nitrogens is 1. The first kappa shape index (κ1) is 11.2. The highest BCUT2D eigenvalue weighted by Crippen LogP contribution is 2.28. The van der Waals surface area contributed by atoms with Gasteiger partial charge in [-0.1, -0.05) is 24.3 Å². The van der Waals surface area contributed by atoms with Crippen LogP contribution in [0.3, 0.4) is 0 Å². The quantitative estimate of drug-likeness (QED) is 0.876. The molecule has 0 aliphatic carbocycles. The lowest BCUT2D eigenvalue weighted by molar-refractivity contribution is 0.0970. The average Bonchev–Trinajstić information content (AvgIpc) is 2.42. The molecule has 0 radical (unpaired) electrons. The maximum atomic E-state index is 5.64. The number of fused-ring (bicyclic) bond motifs is 1. The van der Waals surface area contributed by atoms with Crippen LogP contribution in [0.4, 0.5) is 5.69 Å². The largest absolute Gasteiger partial charge is 0.374 e. The van der Waals surface area contributed by atoms with Crippen LogP contribution in [0.25, 0.3) is 0 Å².